The monoisotopic (exact) mass is 420 g/mol. The van der Waals surface area contributed by atoms with Crippen molar-refractivity contribution in [1.82, 2.24) is 15.4 Å². The highest BCUT2D eigenvalue weighted by molar-refractivity contribution is 6.28. The number of amides is 1. The van der Waals surface area contributed by atoms with Crippen LogP contribution in [0.15, 0.2) is 78.0 Å². The molecule has 0 aliphatic carbocycles. The van der Waals surface area contributed by atoms with Crippen molar-refractivity contribution in [1.29, 1.82) is 0 Å². The van der Waals surface area contributed by atoms with Crippen molar-refractivity contribution >= 4 is 34.5 Å². The molecule has 4 aromatic rings. The summed E-state index contributed by atoms with van der Waals surface area (Å²) >= 11 is 5.64. The maximum atomic E-state index is 13.6. The summed E-state index contributed by atoms with van der Waals surface area (Å²) in [6.45, 7) is 0. The average molecular weight is 421 g/mol. The van der Waals surface area contributed by atoms with E-state index in [1.54, 1.807) is 30.3 Å². The van der Waals surface area contributed by atoms with Crippen LogP contribution >= 0.6 is 11.6 Å². The number of hydrogen-bond donors (Lipinski definition) is 1. The maximum absolute atomic E-state index is 13.6. The Labute approximate surface area is 176 Å². The zero-order valence-electron chi connectivity index (χ0n) is 15.4. The minimum Gasteiger partial charge on any atom is -0.436 e. The summed E-state index contributed by atoms with van der Waals surface area (Å²) < 4.78 is 19.0. The van der Waals surface area contributed by atoms with Crippen molar-refractivity contribution in [2.24, 2.45) is 5.10 Å². The predicted molar refractivity (Wildman–Crippen MR) is 113 cm³/mol. The van der Waals surface area contributed by atoms with Crippen LogP contribution in [0.3, 0.4) is 0 Å². The first-order valence-corrected chi connectivity index (χ1v) is 9.24. The molecule has 4 rings (SSSR count). The SMILES string of the molecule is O=C(N/N=C/c1ccc(Oc2nc(Cl)ncc2F)cc1)c1ccc2ccccc2c1. The number of halogens is 2. The molecule has 0 aliphatic rings. The first-order valence-electron chi connectivity index (χ1n) is 8.87. The average Bonchev–Trinajstić information content (AvgIpc) is 2.77. The maximum Gasteiger partial charge on any atom is 0.271 e. The van der Waals surface area contributed by atoms with Crippen LogP contribution in [0.2, 0.25) is 5.28 Å². The van der Waals surface area contributed by atoms with E-state index in [9.17, 15) is 9.18 Å². The minimum atomic E-state index is -0.721. The number of hydrogen-bond acceptors (Lipinski definition) is 5. The van der Waals surface area contributed by atoms with Crippen LogP contribution in [0.25, 0.3) is 10.8 Å². The second-order valence-corrected chi connectivity index (χ2v) is 6.56. The molecule has 0 fully saturated rings. The normalized spacial score (nSPS) is 11.0. The summed E-state index contributed by atoms with van der Waals surface area (Å²) in [6, 6.07) is 19.9. The highest BCUT2D eigenvalue weighted by Crippen LogP contribution is 2.23. The molecule has 0 unspecified atom stereocenters. The molecule has 0 atom stereocenters. The summed E-state index contributed by atoms with van der Waals surface area (Å²) in [5.74, 6) is -0.936. The fourth-order valence-electron chi connectivity index (χ4n) is 2.70. The molecular weight excluding hydrogens is 407 g/mol. The standard InChI is InChI=1S/C22H14ClFN4O2/c23-22-25-13-19(24)21(27-22)30-18-9-5-14(6-10-18)12-26-28-20(29)17-8-7-15-3-1-2-4-16(15)11-17/h1-13H,(H,28,29)/b26-12+. The Hall–Kier alpha value is -3.84. The van der Waals surface area contributed by atoms with Crippen molar-refractivity contribution in [3.8, 4) is 11.6 Å². The van der Waals surface area contributed by atoms with Gasteiger partial charge in [-0.3, -0.25) is 4.79 Å². The molecule has 0 bridgehead atoms. The first kappa shape index (κ1) is 19.5. The van der Waals surface area contributed by atoms with Gasteiger partial charge in [-0.15, -0.1) is 0 Å². The van der Waals surface area contributed by atoms with Crippen LogP contribution in [0.1, 0.15) is 15.9 Å². The van der Waals surface area contributed by atoms with Gasteiger partial charge in [-0.05, 0) is 64.3 Å². The van der Waals surface area contributed by atoms with Gasteiger partial charge in [-0.1, -0.05) is 30.3 Å². The molecule has 0 saturated heterocycles. The van der Waals surface area contributed by atoms with Gasteiger partial charge in [0, 0.05) is 5.56 Å². The Bertz CT molecular complexity index is 1250. The van der Waals surface area contributed by atoms with Crippen LogP contribution in [-0.2, 0) is 0 Å². The van der Waals surface area contributed by atoms with E-state index in [1.165, 1.54) is 6.21 Å². The Morgan fingerprint density at radius 1 is 1.07 bits per heavy atom. The molecule has 1 heterocycles. The molecule has 1 amide bonds. The number of aromatic nitrogens is 2. The van der Waals surface area contributed by atoms with Crippen LogP contribution in [0, 0.1) is 5.82 Å². The van der Waals surface area contributed by atoms with Crippen molar-refractivity contribution in [3.63, 3.8) is 0 Å². The van der Waals surface area contributed by atoms with Gasteiger partial charge in [0.05, 0.1) is 12.4 Å². The van der Waals surface area contributed by atoms with E-state index in [0.717, 1.165) is 17.0 Å². The van der Waals surface area contributed by atoms with E-state index in [4.69, 9.17) is 16.3 Å². The molecule has 0 radical (unpaired) electrons. The van der Waals surface area contributed by atoms with Crippen molar-refractivity contribution in [3.05, 3.63) is 95.2 Å². The van der Waals surface area contributed by atoms with Crippen molar-refractivity contribution in [2.75, 3.05) is 0 Å². The lowest BCUT2D eigenvalue weighted by Gasteiger charge is -2.05. The summed E-state index contributed by atoms with van der Waals surface area (Å²) in [5, 5.41) is 5.90. The van der Waals surface area contributed by atoms with E-state index < -0.39 is 5.82 Å². The van der Waals surface area contributed by atoms with Crippen LogP contribution < -0.4 is 10.2 Å². The van der Waals surface area contributed by atoms with Gasteiger partial charge in [0.2, 0.25) is 11.1 Å². The van der Waals surface area contributed by atoms with Crippen LogP contribution in [0.5, 0.6) is 11.6 Å². The lowest BCUT2D eigenvalue weighted by Crippen LogP contribution is -2.17. The van der Waals surface area contributed by atoms with Gasteiger partial charge >= 0.3 is 0 Å². The molecule has 6 nitrogen and oxygen atoms in total. The Balaban J connectivity index is 1.39. The highest BCUT2D eigenvalue weighted by atomic mass is 35.5. The van der Waals surface area contributed by atoms with Gasteiger partial charge in [-0.25, -0.2) is 10.4 Å². The van der Waals surface area contributed by atoms with Gasteiger partial charge in [0.15, 0.2) is 0 Å². The number of carbonyl (C=O) groups is 1. The van der Waals surface area contributed by atoms with E-state index in [0.29, 0.717) is 16.9 Å². The van der Waals surface area contributed by atoms with Gasteiger partial charge < -0.3 is 4.74 Å². The lowest BCUT2D eigenvalue weighted by atomic mass is 10.1. The Morgan fingerprint density at radius 3 is 2.63 bits per heavy atom. The van der Waals surface area contributed by atoms with Crippen molar-refractivity contribution < 1.29 is 13.9 Å². The Morgan fingerprint density at radius 2 is 1.83 bits per heavy atom. The fraction of sp³-hybridized carbons (Fsp3) is 0. The molecule has 0 aliphatic heterocycles. The summed E-state index contributed by atoms with van der Waals surface area (Å²) in [4.78, 5) is 19.5. The quantitative estimate of drug-likeness (QED) is 0.280. The third-order valence-corrected chi connectivity index (χ3v) is 4.35. The number of ether oxygens (including phenoxy) is 1. The lowest BCUT2D eigenvalue weighted by molar-refractivity contribution is 0.0955. The Kier molecular flexibility index (Phi) is 5.63. The molecule has 3 aromatic carbocycles. The summed E-state index contributed by atoms with van der Waals surface area (Å²) in [6.07, 6.45) is 2.43. The van der Waals surface area contributed by atoms with Crippen LogP contribution in [0.4, 0.5) is 4.39 Å². The minimum absolute atomic E-state index is 0.114. The topological polar surface area (TPSA) is 76.5 Å². The zero-order chi connectivity index (χ0) is 20.9. The zero-order valence-corrected chi connectivity index (χ0v) is 16.2. The second-order valence-electron chi connectivity index (χ2n) is 6.22. The molecule has 8 heteroatoms. The predicted octanol–water partition coefficient (Wildman–Crippen LogP) is 4.98. The van der Waals surface area contributed by atoms with Gasteiger partial charge in [0.1, 0.15) is 5.75 Å². The largest absolute Gasteiger partial charge is 0.436 e. The van der Waals surface area contributed by atoms with Crippen LogP contribution in [-0.4, -0.2) is 22.1 Å². The number of hydrazone groups is 1. The smallest absolute Gasteiger partial charge is 0.271 e. The van der Waals surface area contributed by atoms with Gasteiger partial charge in [-0.2, -0.15) is 14.5 Å². The van der Waals surface area contributed by atoms with Gasteiger partial charge in [0.25, 0.3) is 11.8 Å². The number of nitrogens with zero attached hydrogens (tertiary/aromatic N) is 3. The fourth-order valence-corrected chi connectivity index (χ4v) is 2.82. The first-order chi connectivity index (χ1) is 14.6. The molecule has 1 N–H and O–H groups in total. The van der Waals surface area contributed by atoms with E-state index >= 15 is 0 Å². The third kappa shape index (κ3) is 4.59. The van der Waals surface area contributed by atoms with E-state index in [-0.39, 0.29) is 17.1 Å². The molecule has 1 aromatic heterocycles. The molecule has 148 valence electrons. The third-order valence-electron chi connectivity index (χ3n) is 4.17. The highest BCUT2D eigenvalue weighted by Gasteiger charge is 2.08. The number of fused-ring (bicyclic) bond motifs is 1. The molecule has 0 spiro atoms. The van der Waals surface area contributed by atoms with E-state index in [1.807, 2.05) is 36.4 Å². The number of carbonyl (C=O) groups excluding carboxylic acids is 1. The summed E-state index contributed by atoms with van der Waals surface area (Å²) in [5.41, 5.74) is 3.72. The van der Waals surface area contributed by atoms with E-state index in [2.05, 4.69) is 20.5 Å². The number of benzene rings is 3. The second kappa shape index (κ2) is 8.67. The molecular formula is C22H14ClFN4O2. The number of nitrogens with one attached hydrogen (secondary N) is 1. The van der Waals surface area contributed by atoms with Crippen molar-refractivity contribution in [2.45, 2.75) is 0 Å². The summed E-state index contributed by atoms with van der Waals surface area (Å²) in [7, 11) is 0. The molecule has 0 saturated carbocycles. The number of rotatable bonds is 5. The molecule has 30 heavy (non-hydrogen) atoms.